The summed E-state index contributed by atoms with van der Waals surface area (Å²) in [5.74, 6) is -0.438. The third-order valence-electron chi connectivity index (χ3n) is 10.2. The van der Waals surface area contributed by atoms with E-state index in [1.807, 2.05) is 25.1 Å². The van der Waals surface area contributed by atoms with Crippen molar-refractivity contribution in [3.05, 3.63) is 41.7 Å². The molecule has 206 valence electrons. The molecule has 1 aromatic heterocycles. The first-order valence-electron chi connectivity index (χ1n) is 13.7. The van der Waals surface area contributed by atoms with Gasteiger partial charge in [-0.3, -0.25) is 14.6 Å². The molecule has 0 bridgehead atoms. The van der Waals surface area contributed by atoms with Gasteiger partial charge >= 0.3 is 0 Å². The van der Waals surface area contributed by atoms with E-state index in [4.69, 9.17) is 4.84 Å². The van der Waals surface area contributed by atoms with Crippen molar-refractivity contribution in [3.63, 3.8) is 0 Å². The largest absolute Gasteiger partial charge is 0.393 e. The highest BCUT2D eigenvalue weighted by Gasteiger charge is 2.68. The van der Waals surface area contributed by atoms with Crippen LogP contribution in [0.3, 0.4) is 0 Å². The number of aliphatic hydroxyl groups excluding tert-OH is 2. The number of hydrogen-bond acceptors (Lipinski definition) is 8. The lowest BCUT2D eigenvalue weighted by Gasteiger charge is -2.60. The Balaban J connectivity index is 1.25. The van der Waals surface area contributed by atoms with Crippen LogP contribution in [0.2, 0.25) is 0 Å². The van der Waals surface area contributed by atoms with Crippen LogP contribution in [-0.2, 0) is 21.0 Å². The highest BCUT2D eigenvalue weighted by atomic mass is 16.6. The number of allylic oxidation sites excluding steroid dienone is 2. The van der Waals surface area contributed by atoms with Gasteiger partial charge in [-0.2, -0.15) is 0 Å². The fourth-order valence-corrected chi connectivity index (χ4v) is 8.28. The van der Waals surface area contributed by atoms with E-state index in [-0.39, 0.29) is 35.7 Å². The summed E-state index contributed by atoms with van der Waals surface area (Å²) in [6.07, 6.45) is 7.74. The molecule has 0 aromatic carbocycles. The summed E-state index contributed by atoms with van der Waals surface area (Å²) < 4.78 is 0. The van der Waals surface area contributed by atoms with Gasteiger partial charge in [-0.05, 0) is 86.3 Å². The number of nitrogens with zero attached hydrogens (tertiary/aromatic N) is 2. The van der Waals surface area contributed by atoms with E-state index in [1.54, 1.807) is 6.20 Å². The minimum absolute atomic E-state index is 0.0343. The molecule has 0 saturated heterocycles. The number of carbonyl (C=O) groups excluding carboxylic acids is 2. The third kappa shape index (κ3) is 4.38. The monoisotopic (exact) mass is 525 g/mol. The van der Waals surface area contributed by atoms with Crippen LogP contribution in [0.5, 0.6) is 0 Å². The molecule has 7 atom stereocenters. The lowest BCUT2D eigenvalue weighted by molar-refractivity contribution is -0.181. The predicted molar refractivity (Wildman–Crippen MR) is 140 cm³/mol. The van der Waals surface area contributed by atoms with Crippen LogP contribution in [0.25, 0.3) is 0 Å². The van der Waals surface area contributed by atoms with Crippen molar-refractivity contribution in [1.29, 1.82) is 0 Å². The molecule has 1 amide bonds. The van der Waals surface area contributed by atoms with E-state index < -0.39 is 29.5 Å². The molecule has 0 aliphatic heterocycles. The molecule has 0 radical (unpaired) electrons. The number of aromatic nitrogens is 1. The van der Waals surface area contributed by atoms with Gasteiger partial charge in [0.15, 0.2) is 12.4 Å². The molecular formula is C29H39N3O6. The van der Waals surface area contributed by atoms with Crippen molar-refractivity contribution in [2.45, 2.75) is 77.0 Å². The molecule has 4 aliphatic rings. The molecule has 0 unspecified atom stereocenters. The summed E-state index contributed by atoms with van der Waals surface area (Å²) in [5.41, 5.74) is 0.290. The number of oxime groups is 1. The van der Waals surface area contributed by atoms with Crippen molar-refractivity contribution in [1.82, 2.24) is 10.3 Å². The molecule has 4 N–H and O–H groups in total. The Kier molecular flexibility index (Phi) is 7.22. The van der Waals surface area contributed by atoms with Gasteiger partial charge in [-0.1, -0.05) is 30.6 Å². The number of aliphatic hydroxyl groups is 3. The maximum Gasteiger partial charge on any atom is 0.261 e. The number of nitrogens with one attached hydrogen (secondary N) is 1. The summed E-state index contributed by atoms with van der Waals surface area (Å²) >= 11 is 0. The molecule has 5 rings (SSSR count). The average Bonchev–Trinajstić information content (AvgIpc) is 3.18. The van der Waals surface area contributed by atoms with Crippen LogP contribution >= 0.6 is 0 Å². The van der Waals surface area contributed by atoms with Crippen LogP contribution < -0.4 is 5.32 Å². The number of rotatable bonds is 7. The first-order valence-corrected chi connectivity index (χ1v) is 13.7. The maximum atomic E-state index is 12.6. The molecular weight excluding hydrogens is 486 g/mol. The molecule has 1 aromatic rings. The highest BCUT2D eigenvalue weighted by Crippen LogP contribution is 2.67. The van der Waals surface area contributed by atoms with Crippen molar-refractivity contribution in [2.75, 3.05) is 13.2 Å². The first kappa shape index (κ1) is 27.0. The smallest absolute Gasteiger partial charge is 0.261 e. The highest BCUT2D eigenvalue weighted by molar-refractivity contribution is 5.96. The Morgan fingerprint density at radius 2 is 2.03 bits per heavy atom. The number of hydrogen-bond donors (Lipinski definition) is 4. The quantitative estimate of drug-likeness (QED) is 0.400. The molecule has 1 heterocycles. The summed E-state index contributed by atoms with van der Waals surface area (Å²) in [6, 6.07) is 5.53. The van der Waals surface area contributed by atoms with E-state index in [9.17, 15) is 24.9 Å². The fraction of sp³-hybridized carbons (Fsp3) is 0.655. The number of Topliss-reactive ketones (excluding diaryl/α,β-unsaturated/α-hetero) is 1. The van der Waals surface area contributed by atoms with Crippen molar-refractivity contribution >= 4 is 17.4 Å². The van der Waals surface area contributed by atoms with Crippen LogP contribution in [0.4, 0.5) is 0 Å². The van der Waals surface area contributed by atoms with E-state index >= 15 is 0 Å². The van der Waals surface area contributed by atoms with Crippen LogP contribution in [0.15, 0.2) is 41.2 Å². The van der Waals surface area contributed by atoms with Crippen molar-refractivity contribution < 1.29 is 29.7 Å². The second kappa shape index (κ2) is 10.2. The molecule has 0 spiro atoms. The standard InChI is InChI=1S/C29H39N3O6/c1-27-10-8-19(32-38-17-25(36)31-15-20-5-3-4-12-30-20)13-18(27)6-7-21-22-9-11-29(37,24(35)16-33)28(22,2)14-23(34)26(21)27/h3-5,12-13,21-23,26,33-34,37H,6-11,14-17H2,1-2H3,(H,31,36)/b32-19+/t21-,22-,23-,26+,27-,28-,29-/m0/s1. The number of ketones is 1. The van der Waals surface area contributed by atoms with Crippen LogP contribution in [0.1, 0.15) is 64.5 Å². The Hall–Kier alpha value is -2.62. The van der Waals surface area contributed by atoms with E-state index in [0.717, 1.165) is 37.1 Å². The lowest BCUT2D eigenvalue weighted by atomic mass is 9.45. The molecule has 4 aliphatic carbocycles. The number of amides is 1. The summed E-state index contributed by atoms with van der Waals surface area (Å²) in [7, 11) is 0. The second-order valence-electron chi connectivity index (χ2n) is 12.0. The summed E-state index contributed by atoms with van der Waals surface area (Å²) in [5, 5.41) is 39.4. The first-order chi connectivity index (χ1) is 18.1. The van der Waals surface area contributed by atoms with Gasteiger partial charge in [0.1, 0.15) is 12.2 Å². The second-order valence-corrected chi connectivity index (χ2v) is 12.0. The van der Waals surface area contributed by atoms with E-state index in [0.29, 0.717) is 25.8 Å². The van der Waals surface area contributed by atoms with E-state index in [2.05, 4.69) is 28.5 Å². The lowest BCUT2D eigenvalue weighted by Crippen LogP contribution is -2.62. The topological polar surface area (TPSA) is 141 Å². The Morgan fingerprint density at radius 1 is 1.21 bits per heavy atom. The van der Waals surface area contributed by atoms with Crippen molar-refractivity contribution in [2.24, 2.45) is 33.7 Å². The van der Waals surface area contributed by atoms with Gasteiger partial charge in [0.2, 0.25) is 0 Å². The Bertz CT molecular complexity index is 1140. The molecule has 3 saturated carbocycles. The predicted octanol–water partition coefficient (Wildman–Crippen LogP) is 2.30. The van der Waals surface area contributed by atoms with Gasteiger partial charge < -0.3 is 25.5 Å². The maximum absolute atomic E-state index is 12.6. The average molecular weight is 526 g/mol. The minimum Gasteiger partial charge on any atom is -0.393 e. The third-order valence-corrected chi connectivity index (χ3v) is 10.2. The zero-order valence-electron chi connectivity index (χ0n) is 22.2. The SMILES string of the molecule is C[C@]12CC/C(=N\OCC(=O)NCc3ccccn3)C=C1CC[C@@H]1[C@@H]2[C@@H](O)C[C@@]2(C)[C@H]1CC[C@]2(O)C(=O)CO. The fourth-order valence-electron chi connectivity index (χ4n) is 8.28. The molecule has 9 nitrogen and oxygen atoms in total. The van der Waals surface area contributed by atoms with Gasteiger partial charge in [0.25, 0.3) is 5.91 Å². The minimum atomic E-state index is -1.58. The number of carbonyl (C=O) groups is 2. The number of fused-ring (bicyclic) bond motifs is 5. The normalized spacial score (nSPS) is 39.0. The summed E-state index contributed by atoms with van der Waals surface area (Å²) in [6.45, 7) is 3.64. The Morgan fingerprint density at radius 3 is 2.76 bits per heavy atom. The Labute approximate surface area is 223 Å². The molecule has 3 fully saturated rings. The molecule has 38 heavy (non-hydrogen) atoms. The van der Waals surface area contributed by atoms with Crippen LogP contribution in [-0.4, -0.2) is 62.6 Å². The van der Waals surface area contributed by atoms with Gasteiger partial charge in [-0.25, -0.2) is 0 Å². The van der Waals surface area contributed by atoms with E-state index in [1.165, 1.54) is 5.57 Å². The summed E-state index contributed by atoms with van der Waals surface area (Å²) in [4.78, 5) is 34.3. The van der Waals surface area contributed by atoms with Gasteiger partial charge in [-0.15, -0.1) is 0 Å². The van der Waals surface area contributed by atoms with Crippen LogP contribution in [0, 0.1) is 28.6 Å². The zero-order chi connectivity index (χ0) is 27.1. The molecule has 9 heteroatoms. The number of pyridine rings is 1. The van der Waals surface area contributed by atoms with Gasteiger partial charge in [0, 0.05) is 11.6 Å². The zero-order valence-corrected chi connectivity index (χ0v) is 22.2. The van der Waals surface area contributed by atoms with Crippen molar-refractivity contribution in [3.8, 4) is 0 Å². The van der Waals surface area contributed by atoms with Gasteiger partial charge in [0.05, 0.1) is 24.1 Å².